The number of carbonyl (C=O) groups excluding carboxylic acids is 1. The zero-order chi connectivity index (χ0) is 20.5. The predicted molar refractivity (Wildman–Crippen MR) is 120 cm³/mol. The first-order valence-electron chi connectivity index (χ1n) is 8.98. The lowest BCUT2D eigenvalue weighted by atomic mass is 9.94. The Labute approximate surface area is 175 Å². The SMILES string of the molecule is CN=C(C=C(N)/C1=C(Cl)/C=C/COCc2cccc1c2C)SCCC(=O)NC. The highest BCUT2D eigenvalue weighted by Gasteiger charge is 2.16. The van der Waals surface area contributed by atoms with E-state index in [1.165, 1.54) is 11.8 Å². The average molecular weight is 420 g/mol. The molecular weight excluding hydrogens is 394 g/mol. The maximum Gasteiger partial charge on any atom is 0.220 e. The van der Waals surface area contributed by atoms with Crippen LogP contribution in [-0.4, -0.2) is 37.4 Å². The minimum absolute atomic E-state index is 0.00205. The van der Waals surface area contributed by atoms with E-state index in [2.05, 4.69) is 10.3 Å². The summed E-state index contributed by atoms with van der Waals surface area (Å²) in [5.41, 5.74) is 10.9. The number of allylic oxidation sites excluding steroid dienone is 3. The number of aliphatic imine (C=N–C) groups is 1. The molecule has 0 aliphatic carbocycles. The summed E-state index contributed by atoms with van der Waals surface area (Å²) in [7, 11) is 3.33. The number of rotatable bonds is 5. The molecule has 0 saturated carbocycles. The second-order valence-electron chi connectivity index (χ2n) is 6.16. The fourth-order valence-corrected chi connectivity index (χ4v) is 3.89. The molecule has 0 atom stereocenters. The summed E-state index contributed by atoms with van der Waals surface area (Å²) in [4.78, 5) is 15.7. The second-order valence-corrected chi connectivity index (χ2v) is 7.69. The van der Waals surface area contributed by atoms with Gasteiger partial charge in [0.2, 0.25) is 5.91 Å². The van der Waals surface area contributed by atoms with Gasteiger partial charge in [0, 0.05) is 37.5 Å². The third-order valence-electron chi connectivity index (χ3n) is 4.34. The van der Waals surface area contributed by atoms with Crippen LogP contribution in [0, 0.1) is 6.92 Å². The van der Waals surface area contributed by atoms with Gasteiger partial charge in [-0.2, -0.15) is 0 Å². The van der Waals surface area contributed by atoms with E-state index in [9.17, 15) is 4.79 Å². The van der Waals surface area contributed by atoms with Crippen LogP contribution in [0.2, 0.25) is 0 Å². The number of amides is 1. The largest absolute Gasteiger partial charge is 0.398 e. The van der Waals surface area contributed by atoms with Crippen molar-refractivity contribution < 1.29 is 9.53 Å². The number of hydrogen-bond donors (Lipinski definition) is 2. The average Bonchev–Trinajstić information content (AvgIpc) is 2.68. The maximum absolute atomic E-state index is 11.4. The molecule has 150 valence electrons. The molecule has 2 bridgehead atoms. The van der Waals surface area contributed by atoms with Crippen LogP contribution in [0.15, 0.2) is 52.1 Å². The third kappa shape index (κ3) is 5.99. The number of ether oxygens (including phenoxy) is 1. The summed E-state index contributed by atoms with van der Waals surface area (Å²) in [5, 5.41) is 3.91. The fraction of sp³-hybridized carbons (Fsp3) is 0.333. The standard InChI is InChI=1S/C21H26ClN3O2S/c1-14-15-6-4-7-16(14)21(17(22)8-5-10-27-13-15)18(23)12-20(25-3)28-11-9-19(26)24-2/h4-8,12H,9-11,13,23H2,1-3H3,(H,24,26)/b8-5+,18-12?,21-17-,25-20?. The lowest BCUT2D eigenvalue weighted by molar-refractivity contribution is -0.120. The molecule has 3 N–H and O–H groups in total. The number of thioether (sulfide) groups is 1. The number of nitrogens with zero attached hydrogens (tertiary/aromatic N) is 1. The van der Waals surface area contributed by atoms with Gasteiger partial charge in [-0.05, 0) is 35.8 Å². The molecule has 0 unspecified atom stereocenters. The van der Waals surface area contributed by atoms with E-state index in [1.54, 1.807) is 14.1 Å². The smallest absolute Gasteiger partial charge is 0.220 e. The Balaban J connectivity index is 2.38. The molecule has 1 amide bonds. The molecule has 1 heterocycles. The monoisotopic (exact) mass is 419 g/mol. The molecule has 1 aromatic carbocycles. The van der Waals surface area contributed by atoms with E-state index in [0.29, 0.717) is 36.1 Å². The molecule has 28 heavy (non-hydrogen) atoms. The van der Waals surface area contributed by atoms with E-state index < -0.39 is 0 Å². The van der Waals surface area contributed by atoms with E-state index in [4.69, 9.17) is 22.1 Å². The predicted octanol–water partition coefficient (Wildman–Crippen LogP) is 3.77. The number of carbonyl (C=O) groups is 1. The van der Waals surface area contributed by atoms with Gasteiger partial charge in [-0.3, -0.25) is 9.79 Å². The number of nitrogens with one attached hydrogen (secondary N) is 1. The van der Waals surface area contributed by atoms with Crippen molar-refractivity contribution in [3.8, 4) is 0 Å². The quantitative estimate of drug-likeness (QED) is 0.562. The summed E-state index contributed by atoms with van der Waals surface area (Å²) >= 11 is 8.09. The van der Waals surface area contributed by atoms with Crippen molar-refractivity contribution in [3.63, 3.8) is 0 Å². The van der Waals surface area contributed by atoms with Crippen molar-refractivity contribution in [2.24, 2.45) is 10.7 Å². The van der Waals surface area contributed by atoms with Crippen molar-refractivity contribution in [2.75, 3.05) is 26.5 Å². The summed E-state index contributed by atoms with van der Waals surface area (Å²) in [5.74, 6) is 0.618. The Morgan fingerprint density at radius 3 is 2.96 bits per heavy atom. The molecular formula is C21H26ClN3O2S. The highest BCUT2D eigenvalue weighted by molar-refractivity contribution is 8.14. The van der Waals surface area contributed by atoms with Crippen LogP contribution in [0.25, 0.3) is 5.57 Å². The van der Waals surface area contributed by atoms with Crippen molar-refractivity contribution in [2.45, 2.75) is 20.0 Å². The normalized spacial score (nSPS) is 19.3. The van der Waals surface area contributed by atoms with E-state index in [-0.39, 0.29) is 5.91 Å². The van der Waals surface area contributed by atoms with Crippen molar-refractivity contribution in [1.29, 1.82) is 0 Å². The molecule has 0 radical (unpaired) electrons. The van der Waals surface area contributed by atoms with E-state index >= 15 is 0 Å². The molecule has 5 nitrogen and oxygen atoms in total. The Morgan fingerprint density at radius 2 is 2.25 bits per heavy atom. The Kier molecular flexibility index (Phi) is 8.83. The molecule has 0 saturated heterocycles. The molecule has 0 aromatic heterocycles. The highest BCUT2D eigenvalue weighted by Crippen LogP contribution is 2.32. The van der Waals surface area contributed by atoms with E-state index in [1.807, 2.05) is 43.4 Å². The van der Waals surface area contributed by atoms with Crippen LogP contribution in [0.3, 0.4) is 0 Å². The summed E-state index contributed by atoms with van der Waals surface area (Å²) in [6, 6.07) is 6.04. The number of nitrogens with two attached hydrogens (primary N) is 1. The molecule has 2 rings (SSSR count). The minimum Gasteiger partial charge on any atom is -0.398 e. The molecule has 1 aromatic rings. The van der Waals surface area contributed by atoms with Crippen molar-refractivity contribution in [3.05, 3.63) is 63.8 Å². The maximum atomic E-state index is 11.4. The summed E-state index contributed by atoms with van der Waals surface area (Å²) < 4.78 is 5.66. The zero-order valence-electron chi connectivity index (χ0n) is 16.4. The van der Waals surface area contributed by atoms with Gasteiger partial charge >= 0.3 is 0 Å². The molecule has 0 spiro atoms. The molecule has 0 fully saturated rings. The Bertz CT molecular complexity index is 844. The zero-order valence-corrected chi connectivity index (χ0v) is 18.0. The number of fused-ring (bicyclic) bond motifs is 2. The van der Waals surface area contributed by atoms with Gasteiger partial charge in [0.25, 0.3) is 0 Å². The Morgan fingerprint density at radius 1 is 1.46 bits per heavy atom. The topological polar surface area (TPSA) is 76.7 Å². The first-order valence-corrected chi connectivity index (χ1v) is 10.3. The Hall–Kier alpha value is -2.02. The number of hydrogen-bond acceptors (Lipinski definition) is 5. The van der Waals surface area contributed by atoms with Crippen molar-refractivity contribution >= 4 is 39.9 Å². The molecule has 1 aliphatic heterocycles. The van der Waals surface area contributed by atoms with Crippen molar-refractivity contribution in [1.82, 2.24) is 5.32 Å². The fourth-order valence-electron chi connectivity index (χ4n) is 2.75. The van der Waals surface area contributed by atoms with Gasteiger partial charge in [0.1, 0.15) is 0 Å². The minimum atomic E-state index is -0.00205. The second kappa shape index (κ2) is 11.1. The lowest BCUT2D eigenvalue weighted by Crippen LogP contribution is -2.18. The van der Waals surface area contributed by atoms with Gasteiger partial charge in [-0.15, -0.1) is 11.8 Å². The first-order chi connectivity index (χ1) is 13.5. The van der Waals surface area contributed by atoms with Gasteiger partial charge in [0.15, 0.2) is 0 Å². The first kappa shape index (κ1) is 22.3. The van der Waals surface area contributed by atoms with E-state index in [0.717, 1.165) is 27.3 Å². The highest BCUT2D eigenvalue weighted by atomic mass is 35.5. The lowest BCUT2D eigenvalue weighted by Gasteiger charge is -2.17. The molecule has 7 heteroatoms. The van der Waals surface area contributed by atoms with Gasteiger partial charge in [-0.1, -0.05) is 35.9 Å². The van der Waals surface area contributed by atoms with Crippen LogP contribution in [0.4, 0.5) is 0 Å². The van der Waals surface area contributed by atoms with Crippen LogP contribution >= 0.6 is 23.4 Å². The van der Waals surface area contributed by atoms with Gasteiger partial charge in [0.05, 0.1) is 23.3 Å². The van der Waals surface area contributed by atoms with Crippen LogP contribution in [-0.2, 0) is 16.1 Å². The van der Waals surface area contributed by atoms with Crippen LogP contribution < -0.4 is 11.1 Å². The van der Waals surface area contributed by atoms with Crippen LogP contribution in [0.1, 0.15) is 23.1 Å². The number of halogens is 1. The molecule has 1 aliphatic rings. The third-order valence-corrected chi connectivity index (χ3v) is 5.66. The summed E-state index contributed by atoms with van der Waals surface area (Å²) in [6.07, 6.45) is 5.93. The summed E-state index contributed by atoms with van der Waals surface area (Å²) in [6.45, 7) is 3.06. The van der Waals surface area contributed by atoms with Gasteiger partial charge < -0.3 is 15.8 Å². The van der Waals surface area contributed by atoms with Crippen LogP contribution in [0.5, 0.6) is 0 Å². The van der Waals surface area contributed by atoms with Gasteiger partial charge in [-0.25, -0.2) is 0 Å². The number of benzene rings is 1.